The Bertz CT molecular complexity index is 801. The first-order valence-corrected chi connectivity index (χ1v) is 9.43. The van der Waals surface area contributed by atoms with Gasteiger partial charge in [0.15, 0.2) is 12.2 Å². The van der Waals surface area contributed by atoms with Gasteiger partial charge in [0, 0.05) is 5.69 Å². The fourth-order valence-corrected chi connectivity index (χ4v) is 2.67. The van der Waals surface area contributed by atoms with Crippen LogP contribution in [0.25, 0.3) is 0 Å². The molecule has 1 amide bonds. The number of aliphatic hydroxyl groups is 2. The summed E-state index contributed by atoms with van der Waals surface area (Å²) in [6, 6.07) is 7.00. The first-order valence-electron chi connectivity index (χ1n) is 9.43. The number of esters is 1. The predicted molar refractivity (Wildman–Crippen MR) is 108 cm³/mol. The number of hydrogen-bond acceptors (Lipinski definition) is 8. The number of para-hydroxylation sites is 1. The van der Waals surface area contributed by atoms with Crippen molar-refractivity contribution in [3.63, 3.8) is 0 Å². The molecule has 0 unspecified atom stereocenters. The minimum absolute atomic E-state index is 0.110. The quantitative estimate of drug-likeness (QED) is 0.374. The summed E-state index contributed by atoms with van der Waals surface area (Å²) in [5.74, 6) is -4.20. The molecule has 3 atom stereocenters. The Hall–Kier alpha value is -3.02. The number of carbonyl (C=O) groups excluding carboxylic acids is 2. The number of carboxylic acids is 2. The van der Waals surface area contributed by atoms with Crippen molar-refractivity contribution in [2.75, 3.05) is 11.4 Å². The number of carboxylic acid groups (broad SMARTS) is 2. The van der Waals surface area contributed by atoms with Crippen LogP contribution in [0.4, 0.5) is 5.69 Å². The van der Waals surface area contributed by atoms with Crippen LogP contribution >= 0.6 is 0 Å². The molecule has 11 nitrogen and oxygen atoms in total. The van der Waals surface area contributed by atoms with Crippen molar-refractivity contribution in [3.05, 3.63) is 29.8 Å². The first-order chi connectivity index (χ1) is 14.2. The van der Waals surface area contributed by atoms with Crippen LogP contribution in [0, 0.1) is 0 Å². The molecule has 0 saturated carbocycles. The van der Waals surface area contributed by atoms with Crippen LogP contribution in [0.3, 0.4) is 0 Å². The summed E-state index contributed by atoms with van der Waals surface area (Å²) < 4.78 is 5.31. The van der Waals surface area contributed by atoms with Crippen LogP contribution in [-0.4, -0.2) is 74.6 Å². The van der Waals surface area contributed by atoms with E-state index in [9.17, 15) is 19.2 Å². The molecule has 172 valence electrons. The third-order valence-electron chi connectivity index (χ3n) is 4.10. The van der Waals surface area contributed by atoms with Gasteiger partial charge in [-0.05, 0) is 45.2 Å². The Labute approximate surface area is 179 Å². The van der Waals surface area contributed by atoms with Crippen molar-refractivity contribution in [2.24, 2.45) is 5.73 Å². The fraction of sp³-hybridized carbons (Fsp3) is 0.500. The summed E-state index contributed by atoms with van der Waals surface area (Å²) in [7, 11) is 0. The third-order valence-corrected chi connectivity index (χ3v) is 4.10. The Morgan fingerprint density at radius 3 is 2.13 bits per heavy atom. The zero-order valence-electron chi connectivity index (χ0n) is 17.5. The van der Waals surface area contributed by atoms with Gasteiger partial charge in [-0.15, -0.1) is 0 Å². The molecule has 0 aromatic heterocycles. The smallest absolute Gasteiger partial charge is 0.335 e. The van der Waals surface area contributed by atoms with E-state index < -0.39 is 41.8 Å². The normalized spacial score (nSPS) is 17.9. The van der Waals surface area contributed by atoms with Crippen LogP contribution < -0.4 is 10.6 Å². The van der Waals surface area contributed by atoms with E-state index in [0.717, 1.165) is 17.7 Å². The topological polar surface area (TPSA) is 188 Å². The molecule has 31 heavy (non-hydrogen) atoms. The van der Waals surface area contributed by atoms with Gasteiger partial charge < -0.3 is 30.9 Å². The molecule has 0 spiro atoms. The fourth-order valence-electron chi connectivity index (χ4n) is 2.67. The van der Waals surface area contributed by atoms with Crippen molar-refractivity contribution in [1.29, 1.82) is 0 Å². The van der Waals surface area contributed by atoms with Crippen LogP contribution in [-0.2, 0) is 30.3 Å². The molecule has 0 radical (unpaired) electrons. The summed E-state index contributed by atoms with van der Waals surface area (Å²) in [5, 5.41) is 32.5. The molecule has 2 rings (SSSR count). The highest BCUT2D eigenvalue weighted by Crippen LogP contribution is 2.26. The Balaban J connectivity index is 0.000000407. The van der Waals surface area contributed by atoms with E-state index in [2.05, 4.69) is 0 Å². The highest BCUT2D eigenvalue weighted by atomic mass is 16.6. The van der Waals surface area contributed by atoms with Crippen LogP contribution in [0.15, 0.2) is 24.3 Å². The maximum absolute atomic E-state index is 12.4. The van der Waals surface area contributed by atoms with Gasteiger partial charge in [-0.2, -0.15) is 0 Å². The van der Waals surface area contributed by atoms with Gasteiger partial charge in [0.1, 0.15) is 12.1 Å². The second kappa shape index (κ2) is 10.8. The lowest BCUT2D eigenvalue weighted by Crippen LogP contribution is -2.46. The molecule has 1 heterocycles. The molecule has 0 fully saturated rings. The monoisotopic (exact) mass is 440 g/mol. The molecule has 1 aromatic rings. The summed E-state index contributed by atoms with van der Waals surface area (Å²) in [6.07, 6.45) is -3.22. The Morgan fingerprint density at radius 1 is 1.13 bits per heavy atom. The zero-order chi connectivity index (χ0) is 23.9. The number of aliphatic carboxylic acids is 2. The van der Waals surface area contributed by atoms with Gasteiger partial charge in [-0.3, -0.25) is 14.5 Å². The SMILES string of the molecule is CC(C)(C)OC(=O)CN1C(=O)[C@@H](N)CCc2ccccc21.O=C(O)[C@H](O)[C@@H](O)C(=O)O. The van der Waals surface area contributed by atoms with E-state index in [-0.39, 0.29) is 12.5 Å². The van der Waals surface area contributed by atoms with Crippen molar-refractivity contribution in [1.82, 2.24) is 0 Å². The molecule has 0 saturated heterocycles. The van der Waals surface area contributed by atoms with E-state index in [0.29, 0.717) is 6.42 Å². The number of ether oxygens (including phenoxy) is 1. The second-order valence-corrected chi connectivity index (χ2v) is 7.85. The lowest BCUT2D eigenvalue weighted by atomic mass is 10.1. The maximum Gasteiger partial charge on any atom is 0.335 e. The largest absolute Gasteiger partial charge is 0.479 e. The van der Waals surface area contributed by atoms with Gasteiger partial charge in [0.2, 0.25) is 5.91 Å². The zero-order valence-corrected chi connectivity index (χ0v) is 17.5. The Kier molecular flexibility index (Phi) is 9.10. The first kappa shape index (κ1) is 26.0. The number of aryl methyl sites for hydroxylation is 1. The molecular weight excluding hydrogens is 412 g/mol. The number of aliphatic hydroxyl groups excluding tert-OH is 2. The average molecular weight is 440 g/mol. The summed E-state index contributed by atoms with van der Waals surface area (Å²) in [5.41, 5.74) is 7.11. The highest BCUT2D eigenvalue weighted by Gasteiger charge is 2.31. The number of benzene rings is 1. The van der Waals surface area contributed by atoms with Crippen molar-refractivity contribution in [3.8, 4) is 0 Å². The minimum atomic E-state index is -2.27. The van der Waals surface area contributed by atoms with Crippen molar-refractivity contribution in [2.45, 2.75) is 57.5 Å². The van der Waals surface area contributed by atoms with Gasteiger partial charge in [0.05, 0.1) is 6.04 Å². The minimum Gasteiger partial charge on any atom is -0.479 e. The Morgan fingerprint density at radius 2 is 1.65 bits per heavy atom. The molecular formula is C20H28N2O9. The maximum atomic E-state index is 12.4. The lowest BCUT2D eigenvalue weighted by molar-refractivity contribution is -0.165. The second-order valence-electron chi connectivity index (χ2n) is 7.85. The molecule has 6 N–H and O–H groups in total. The molecule has 0 bridgehead atoms. The van der Waals surface area contributed by atoms with Crippen LogP contribution in [0.2, 0.25) is 0 Å². The molecule has 11 heteroatoms. The highest BCUT2D eigenvalue weighted by molar-refractivity contribution is 6.01. The average Bonchev–Trinajstić information content (AvgIpc) is 2.78. The van der Waals surface area contributed by atoms with Crippen LogP contribution in [0.1, 0.15) is 32.8 Å². The molecule has 1 aliphatic rings. The number of nitrogens with zero attached hydrogens (tertiary/aromatic N) is 1. The summed E-state index contributed by atoms with van der Waals surface area (Å²) in [6.45, 7) is 5.29. The van der Waals surface area contributed by atoms with Gasteiger partial charge in [-0.1, -0.05) is 18.2 Å². The van der Waals surface area contributed by atoms with Crippen molar-refractivity contribution < 1.29 is 44.3 Å². The number of nitrogens with two attached hydrogens (primary N) is 1. The van der Waals surface area contributed by atoms with E-state index in [1.807, 2.05) is 24.3 Å². The van der Waals surface area contributed by atoms with Crippen molar-refractivity contribution >= 4 is 29.5 Å². The van der Waals surface area contributed by atoms with E-state index >= 15 is 0 Å². The molecule has 1 aromatic carbocycles. The summed E-state index contributed by atoms with van der Waals surface area (Å²) >= 11 is 0. The third kappa shape index (κ3) is 7.96. The number of rotatable bonds is 5. The number of fused-ring (bicyclic) bond motifs is 1. The lowest BCUT2D eigenvalue weighted by Gasteiger charge is -2.26. The van der Waals surface area contributed by atoms with Gasteiger partial charge in [0.25, 0.3) is 0 Å². The van der Waals surface area contributed by atoms with E-state index in [1.54, 1.807) is 20.8 Å². The summed E-state index contributed by atoms with van der Waals surface area (Å²) in [4.78, 5) is 45.4. The van der Waals surface area contributed by atoms with E-state index in [1.165, 1.54) is 4.90 Å². The number of amides is 1. The van der Waals surface area contributed by atoms with Gasteiger partial charge in [-0.25, -0.2) is 9.59 Å². The predicted octanol–water partition coefficient (Wildman–Crippen LogP) is -0.488. The number of carbonyl (C=O) groups is 4. The standard InChI is InChI=1S/C16H22N2O3.C4H6O6/c1-16(2,3)21-14(19)10-18-13-7-5-4-6-11(13)8-9-12(17)15(18)20;5-1(3(7)8)2(6)4(9)10/h4-7,12H,8-10,17H2,1-3H3;1-2,5-6H,(H,7,8)(H,9,10)/t12-;1-,2-/m01/s1. The van der Waals surface area contributed by atoms with Gasteiger partial charge >= 0.3 is 17.9 Å². The van der Waals surface area contributed by atoms with Crippen LogP contribution in [0.5, 0.6) is 0 Å². The molecule has 0 aliphatic carbocycles. The number of hydrogen-bond donors (Lipinski definition) is 5. The molecule has 1 aliphatic heterocycles. The van der Waals surface area contributed by atoms with E-state index in [4.69, 9.17) is 30.9 Å². The number of anilines is 1.